The van der Waals surface area contributed by atoms with Gasteiger partial charge < -0.3 is 0 Å². The average Bonchev–Trinajstić information content (AvgIpc) is 2.61. The molecule has 0 aliphatic rings. The number of imide groups is 1. The van der Waals surface area contributed by atoms with Crippen molar-refractivity contribution in [2.45, 2.75) is 24.0 Å². The van der Waals surface area contributed by atoms with Crippen LogP contribution in [0.2, 0.25) is 0 Å². The highest BCUT2D eigenvalue weighted by Gasteiger charge is 2.22. The number of hydrogen-bond donors (Lipinski definition) is 0. The molecule has 0 aliphatic heterocycles. The van der Waals surface area contributed by atoms with Crippen LogP contribution in [0.3, 0.4) is 0 Å². The molecule has 0 saturated heterocycles. The summed E-state index contributed by atoms with van der Waals surface area (Å²) >= 11 is 0. The van der Waals surface area contributed by atoms with E-state index in [1.165, 1.54) is 18.3 Å². The van der Waals surface area contributed by atoms with Crippen molar-refractivity contribution in [1.29, 1.82) is 0 Å². The number of carbonyl (C=O) groups is 2. The van der Waals surface area contributed by atoms with Crippen molar-refractivity contribution in [3.05, 3.63) is 36.2 Å². The lowest BCUT2D eigenvalue weighted by Gasteiger charge is -2.18. The number of benzene rings is 1. The molecule has 10 heteroatoms. The van der Waals surface area contributed by atoms with Gasteiger partial charge in [-0.2, -0.15) is 0 Å². The molecule has 27 heavy (non-hydrogen) atoms. The monoisotopic (exact) mass is 377 g/mol. The van der Waals surface area contributed by atoms with E-state index in [4.69, 9.17) is 22.1 Å². The third-order valence-corrected chi connectivity index (χ3v) is 5.81. The third kappa shape index (κ3) is 4.09. The van der Waals surface area contributed by atoms with E-state index in [1.807, 2.05) is 0 Å². The highest BCUT2D eigenvalue weighted by atomic mass is 32.2. The van der Waals surface area contributed by atoms with Crippen molar-refractivity contribution < 1.29 is 18.0 Å². The molecule has 0 aliphatic carbocycles. The molecule has 2 rings (SSSR count). The Labute approximate surface area is 159 Å². The number of carbonyl (C=O) groups excluding carboxylic acids is 2. The maximum atomic E-state index is 12.2. The van der Waals surface area contributed by atoms with E-state index in [9.17, 15) is 18.0 Å². The molecule has 1 aromatic heterocycles. The fourth-order valence-electron chi connectivity index (χ4n) is 2.19. The van der Waals surface area contributed by atoms with Crippen molar-refractivity contribution in [3.63, 3.8) is 0 Å². The predicted molar refractivity (Wildman–Crippen MR) is 103 cm³/mol. The summed E-state index contributed by atoms with van der Waals surface area (Å²) in [6.45, 7) is 3.19. The van der Waals surface area contributed by atoms with Gasteiger partial charge in [-0.3, -0.25) is 14.5 Å². The summed E-state index contributed by atoms with van der Waals surface area (Å²) in [6, 6.07) is 6.02. The van der Waals surface area contributed by atoms with Crippen LogP contribution in [0.4, 0.5) is 15.4 Å². The van der Waals surface area contributed by atoms with E-state index < -0.39 is 26.7 Å². The molecule has 0 N–H and O–H groups in total. The lowest BCUT2D eigenvalue weighted by Crippen LogP contribution is -2.36. The Bertz CT molecular complexity index is 1030. The molecule has 0 bridgehead atoms. The smallest absolute Gasteiger partial charge is 0.201 e. The van der Waals surface area contributed by atoms with Crippen molar-refractivity contribution in [2.75, 3.05) is 4.90 Å². The van der Waals surface area contributed by atoms with Gasteiger partial charge in [-0.15, -0.1) is 6.42 Å². The first-order chi connectivity index (χ1) is 12.6. The minimum Gasteiger partial charge on any atom is -0.288 e. The molecule has 132 valence electrons. The molecule has 2 amide bonds. The molecule has 7 nitrogen and oxygen atoms in total. The highest BCUT2D eigenvalue weighted by Crippen LogP contribution is 2.24. The molecule has 1 heterocycles. The molecular formula is C17H13B2N3O4S. The number of nitrogens with zero attached hydrogens (tertiary/aromatic N) is 3. The van der Waals surface area contributed by atoms with Crippen LogP contribution in [0.15, 0.2) is 35.4 Å². The SMILES string of the molecule is [B]C(=O)N(C([B])=O)c1ncc(-c2ccc(S(=O)(=O)C(C)C)cc2)nc1C#C. The standard InChI is InChI=1S/C17H13B2N3O4S/c1-4-13-15(22(16(18)23)17(19)24)20-9-14(21-13)11-5-7-12(8-6-11)27(25,26)10(2)3/h1,5-10H,2-3H3. The van der Waals surface area contributed by atoms with E-state index in [1.54, 1.807) is 26.0 Å². The number of rotatable bonds is 4. The first-order valence-electron chi connectivity index (χ1n) is 7.66. The normalized spacial score (nSPS) is 11.0. The van der Waals surface area contributed by atoms with E-state index in [-0.39, 0.29) is 16.4 Å². The summed E-state index contributed by atoms with van der Waals surface area (Å²) in [5.74, 6) is -0.341. The van der Waals surface area contributed by atoms with Gasteiger partial charge in [0.15, 0.2) is 33.0 Å². The topological polar surface area (TPSA) is 97.3 Å². The molecule has 0 saturated carbocycles. The lowest BCUT2D eigenvalue weighted by molar-refractivity contribution is 0.254. The summed E-state index contributed by atoms with van der Waals surface area (Å²) in [5.41, 5.74) is 0.732. The Kier molecular flexibility index (Phi) is 5.86. The van der Waals surface area contributed by atoms with Crippen LogP contribution in [0.1, 0.15) is 19.5 Å². The summed E-state index contributed by atoms with van der Waals surface area (Å²) < 4.78 is 24.4. The van der Waals surface area contributed by atoms with Crippen LogP contribution in [-0.2, 0) is 9.84 Å². The van der Waals surface area contributed by atoms with Crippen LogP contribution in [-0.4, -0.2) is 50.9 Å². The first kappa shape index (κ1) is 20.4. The number of hydrogen-bond acceptors (Lipinski definition) is 6. The summed E-state index contributed by atoms with van der Waals surface area (Å²) in [5, 5.41) is -0.552. The number of anilines is 1. The summed E-state index contributed by atoms with van der Waals surface area (Å²) in [6.07, 6.45) is 6.65. The average molecular weight is 377 g/mol. The van der Waals surface area contributed by atoms with Crippen molar-refractivity contribution in [3.8, 4) is 23.6 Å². The van der Waals surface area contributed by atoms with Crippen LogP contribution in [0.25, 0.3) is 11.3 Å². The second kappa shape index (κ2) is 7.76. The fraction of sp³-hybridized carbons (Fsp3) is 0.176. The Hall–Kier alpha value is -2.92. The second-order valence-electron chi connectivity index (χ2n) is 5.70. The van der Waals surface area contributed by atoms with Gasteiger partial charge in [-0.05, 0) is 31.9 Å². The highest BCUT2D eigenvalue weighted by molar-refractivity contribution is 7.92. The second-order valence-corrected chi connectivity index (χ2v) is 8.21. The van der Waals surface area contributed by atoms with Crippen LogP contribution in [0.5, 0.6) is 0 Å². The summed E-state index contributed by atoms with van der Waals surface area (Å²) in [4.78, 5) is 31.5. The lowest BCUT2D eigenvalue weighted by atomic mass is 10.0. The van der Waals surface area contributed by atoms with Gasteiger partial charge in [0.2, 0.25) is 15.7 Å². The van der Waals surface area contributed by atoms with Crippen molar-refractivity contribution in [2.24, 2.45) is 0 Å². The fourth-order valence-corrected chi connectivity index (χ4v) is 3.25. The van der Waals surface area contributed by atoms with Gasteiger partial charge in [-0.25, -0.2) is 18.4 Å². The Balaban J connectivity index is 2.48. The van der Waals surface area contributed by atoms with E-state index >= 15 is 0 Å². The minimum atomic E-state index is -3.40. The molecule has 0 atom stereocenters. The zero-order valence-corrected chi connectivity index (χ0v) is 15.4. The van der Waals surface area contributed by atoms with Gasteiger partial charge in [-0.1, -0.05) is 12.1 Å². The zero-order valence-electron chi connectivity index (χ0n) is 14.6. The van der Waals surface area contributed by atoms with E-state index in [0.717, 1.165) is 0 Å². The maximum Gasteiger partial charge on any atom is 0.201 e. The number of aromatic nitrogens is 2. The molecule has 1 aromatic carbocycles. The molecule has 4 radical (unpaired) electrons. The Morgan fingerprint density at radius 2 is 1.70 bits per heavy atom. The molecule has 0 fully saturated rings. The Morgan fingerprint density at radius 3 is 2.15 bits per heavy atom. The first-order valence-corrected chi connectivity index (χ1v) is 9.21. The van der Waals surface area contributed by atoms with E-state index in [0.29, 0.717) is 16.2 Å². The van der Waals surface area contributed by atoms with E-state index in [2.05, 4.69) is 15.9 Å². The van der Waals surface area contributed by atoms with Crippen LogP contribution >= 0.6 is 0 Å². The number of amides is 2. The van der Waals surface area contributed by atoms with Gasteiger partial charge in [0.05, 0.1) is 22.0 Å². The number of terminal acetylenes is 1. The van der Waals surface area contributed by atoms with Gasteiger partial charge in [0, 0.05) is 5.56 Å². The Morgan fingerprint density at radius 1 is 1.15 bits per heavy atom. The van der Waals surface area contributed by atoms with Crippen LogP contribution in [0, 0.1) is 12.3 Å². The van der Waals surface area contributed by atoms with Gasteiger partial charge in [0.25, 0.3) is 0 Å². The molecule has 0 unspecified atom stereocenters. The predicted octanol–water partition coefficient (Wildman–Crippen LogP) is 1.69. The van der Waals surface area contributed by atoms with Crippen LogP contribution < -0.4 is 4.90 Å². The summed E-state index contributed by atoms with van der Waals surface area (Å²) in [7, 11) is 6.83. The largest absolute Gasteiger partial charge is 0.288 e. The molecule has 2 aromatic rings. The van der Waals surface area contributed by atoms with Gasteiger partial charge in [0.1, 0.15) is 0 Å². The van der Waals surface area contributed by atoms with Crippen molar-refractivity contribution in [1.82, 2.24) is 9.97 Å². The third-order valence-electron chi connectivity index (χ3n) is 3.64. The van der Waals surface area contributed by atoms with Gasteiger partial charge >= 0.3 is 0 Å². The quantitative estimate of drug-likeness (QED) is 0.594. The zero-order chi connectivity index (χ0) is 20.4. The van der Waals surface area contributed by atoms with Crippen molar-refractivity contribution >= 4 is 43.0 Å². The molecule has 0 spiro atoms. The maximum absolute atomic E-state index is 12.2. The number of sulfone groups is 1. The minimum absolute atomic E-state index is 0.121. The molecular weight excluding hydrogens is 364 g/mol.